The predicted octanol–water partition coefficient (Wildman–Crippen LogP) is 6.42. The van der Waals surface area contributed by atoms with Crippen molar-refractivity contribution >= 4 is 56.5 Å². The Balaban J connectivity index is 1.70. The monoisotopic (exact) mass is 394 g/mol. The van der Waals surface area contributed by atoms with Crippen molar-refractivity contribution in [2.45, 2.75) is 37.0 Å². The molecule has 0 radical (unpaired) electrons. The summed E-state index contributed by atoms with van der Waals surface area (Å²) in [6.45, 7) is 2.33. The number of rotatable bonds is 3. The molecule has 6 heteroatoms. The van der Waals surface area contributed by atoms with Crippen LogP contribution in [0.15, 0.2) is 29.6 Å². The fourth-order valence-electron chi connectivity index (χ4n) is 3.17. The molecule has 1 unspecified atom stereocenters. The van der Waals surface area contributed by atoms with E-state index in [9.17, 15) is 0 Å². The topological polar surface area (TPSA) is 25.8 Å². The highest BCUT2D eigenvalue weighted by Gasteiger charge is 2.23. The van der Waals surface area contributed by atoms with E-state index in [4.69, 9.17) is 23.2 Å². The lowest BCUT2D eigenvalue weighted by atomic mass is 9.89. The molecule has 1 aromatic carbocycles. The van der Waals surface area contributed by atoms with Crippen molar-refractivity contribution in [3.8, 4) is 0 Å². The molecule has 0 fully saturated rings. The van der Waals surface area contributed by atoms with Gasteiger partial charge in [0.2, 0.25) is 0 Å². The van der Waals surface area contributed by atoms with Crippen LogP contribution in [0.25, 0.3) is 10.2 Å². The lowest BCUT2D eigenvalue weighted by Gasteiger charge is -2.18. The highest BCUT2D eigenvalue weighted by molar-refractivity contribution is 7.98. The number of nitrogens with zero attached hydrogens (tertiary/aromatic N) is 2. The molecule has 124 valence electrons. The first-order valence-corrected chi connectivity index (χ1v) is 10.5. The maximum Gasteiger partial charge on any atom is 0.128 e. The SMILES string of the molecule is CC1CCc2c(sc3ncnc(SCc4c(Cl)cccc4Cl)c23)C1. The van der Waals surface area contributed by atoms with E-state index in [0.29, 0.717) is 15.8 Å². The van der Waals surface area contributed by atoms with Crippen LogP contribution in [0.4, 0.5) is 0 Å². The van der Waals surface area contributed by atoms with Crippen molar-refractivity contribution in [2.75, 3.05) is 0 Å². The van der Waals surface area contributed by atoms with Gasteiger partial charge in [0.1, 0.15) is 16.2 Å². The van der Waals surface area contributed by atoms with Gasteiger partial charge in [-0.3, -0.25) is 0 Å². The van der Waals surface area contributed by atoms with Gasteiger partial charge < -0.3 is 0 Å². The summed E-state index contributed by atoms with van der Waals surface area (Å²) in [6, 6.07) is 5.64. The van der Waals surface area contributed by atoms with Gasteiger partial charge >= 0.3 is 0 Å². The van der Waals surface area contributed by atoms with E-state index in [1.807, 2.05) is 29.5 Å². The molecule has 0 saturated carbocycles. The van der Waals surface area contributed by atoms with Gasteiger partial charge in [0, 0.05) is 26.1 Å². The average molecular weight is 395 g/mol. The van der Waals surface area contributed by atoms with E-state index in [1.165, 1.54) is 22.2 Å². The third kappa shape index (κ3) is 3.05. The summed E-state index contributed by atoms with van der Waals surface area (Å²) in [5, 5.41) is 3.71. The highest BCUT2D eigenvalue weighted by Crippen LogP contribution is 2.41. The van der Waals surface area contributed by atoms with Crippen molar-refractivity contribution in [2.24, 2.45) is 5.92 Å². The molecule has 24 heavy (non-hydrogen) atoms. The normalized spacial score (nSPS) is 17.2. The number of hydrogen-bond donors (Lipinski definition) is 0. The molecule has 4 rings (SSSR count). The molecule has 2 aromatic heterocycles. The van der Waals surface area contributed by atoms with E-state index < -0.39 is 0 Å². The molecule has 1 aliphatic carbocycles. The lowest BCUT2D eigenvalue weighted by Crippen LogP contribution is -2.08. The first-order chi connectivity index (χ1) is 11.6. The second kappa shape index (κ2) is 6.83. The van der Waals surface area contributed by atoms with Crippen LogP contribution in [0.2, 0.25) is 10.0 Å². The van der Waals surface area contributed by atoms with E-state index in [0.717, 1.165) is 34.2 Å². The van der Waals surface area contributed by atoms with Gasteiger partial charge in [0.15, 0.2) is 0 Å². The van der Waals surface area contributed by atoms with Crippen LogP contribution in [0.3, 0.4) is 0 Å². The second-order valence-electron chi connectivity index (χ2n) is 6.20. The van der Waals surface area contributed by atoms with Gasteiger partial charge in [-0.15, -0.1) is 23.1 Å². The third-order valence-corrected chi connectivity index (χ3v) is 7.36. The molecular weight excluding hydrogens is 379 g/mol. The number of thiophene rings is 1. The summed E-state index contributed by atoms with van der Waals surface area (Å²) in [7, 11) is 0. The number of thioether (sulfide) groups is 1. The minimum Gasteiger partial charge on any atom is -0.229 e. The van der Waals surface area contributed by atoms with Crippen molar-refractivity contribution in [3.05, 3.63) is 50.6 Å². The van der Waals surface area contributed by atoms with Crippen LogP contribution in [0.1, 0.15) is 29.3 Å². The fraction of sp³-hybridized carbons (Fsp3) is 0.333. The summed E-state index contributed by atoms with van der Waals surface area (Å²) in [4.78, 5) is 11.7. The maximum atomic E-state index is 6.30. The quantitative estimate of drug-likeness (QED) is 0.378. The van der Waals surface area contributed by atoms with Crippen LogP contribution in [-0.4, -0.2) is 9.97 Å². The van der Waals surface area contributed by atoms with E-state index in [-0.39, 0.29) is 0 Å². The molecule has 1 atom stereocenters. The standard InChI is InChI=1S/C18H16Cl2N2S2/c1-10-5-6-11-15(7-10)24-18-16(11)17(21-9-22-18)23-8-12-13(19)3-2-4-14(12)20/h2-4,9-10H,5-8H2,1H3. The molecule has 0 aliphatic heterocycles. The Morgan fingerprint density at radius 3 is 2.83 bits per heavy atom. The van der Waals surface area contributed by atoms with Crippen molar-refractivity contribution in [1.82, 2.24) is 9.97 Å². The summed E-state index contributed by atoms with van der Waals surface area (Å²) in [6.07, 6.45) is 5.21. The van der Waals surface area contributed by atoms with Crippen molar-refractivity contribution < 1.29 is 0 Å². The third-order valence-electron chi connectivity index (χ3n) is 4.47. The van der Waals surface area contributed by atoms with Gasteiger partial charge in [-0.25, -0.2) is 9.97 Å². The zero-order valence-electron chi connectivity index (χ0n) is 13.2. The zero-order chi connectivity index (χ0) is 16.7. The largest absolute Gasteiger partial charge is 0.229 e. The molecule has 2 heterocycles. The molecule has 0 amide bonds. The Morgan fingerprint density at radius 1 is 1.25 bits per heavy atom. The Bertz CT molecular complexity index is 887. The summed E-state index contributed by atoms with van der Waals surface area (Å²) < 4.78 is 0. The molecule has 0 bridgehead atoms. The van der Waals surface area contributed by atoms with Crippen molar-refractivity contribution in [3.63, 3.8) is 0 Å². The smallest absolute Gasteiger partial charge is 0.128 e. The van der Waals surface area contributed by atoms with E-state index >= 15 is 0 Å². The van der Waals surface area contributed by atoms with Gasteiger partial charge in [0.25, 0.3) is 0 Å². The summed E-state index contributed by atoms with van der Waals surface area (Å²) in [5.41, 5.74) is 2.43. The molecule has 0 spiro atoms. The number of halogens is 2. The minimum absolute atomic E-state index is 0.710. The number of aromatic nitrogens is 2. The van der Waals surface area contributed by atoms with Gasteiger partial charge in [0.05, 0.1) is 0 Å². The zero-order valence-corrected chi connectivity index (χ0v) is 16.3. The highest BCUT2D eigenvalue weighted by atomic mass is 35.5. The van der Waals surface area contributed by atoms with Crippen LogP contribution < -0.4 is 0 Å². The molecule has 1 aliphatic rings. The number of benzene rings is 1. The number of hydrogen-bond acceptors (Lipinski definition) is 4. The molecule has 2 nitrogen and oxygen atoms in total. The maximum absolute atomic E-state index is 6.30. The van der Waals surface area contributed by atoms with Gasteiger partial charge in [-0.1, -0.05) is 36.2 Å². The van der Waals surface area contributed by atoms with Crippen LogP contribution in [0, 0.1) is 5.92 Å². The molecule has 3 aromatic rings. The molecular formula is C18H16Cl2N2S2. The minimum atomic E-state index is 0.710. The molecule has 0 saturated heterocycles. The van der Waals surface area contributed by atoms with Crippen molar-refractivity contribution in [1.29, 1.82) is 0 Å². The first kappa shape index (κ1) is 16.6. The summed E-state index contributed by atoms with van der Waals surface area (Å²) in [5.74, 6) is 1.47. The fourth-order valence-corrected chi connectivity index (χ4v) is 6.35. The van der Waals surface area contributed by atoms with Crippen LogP contribution in [0.5, 0.6) is 0 Å². The van der Waals surface area contributed by atoms with E-state index in [1.54, 1.807) is 18.1 Å². The number of aryl methyl sites for hydroxylation is 1. The lowest BCUT2D eigenvalue weighted by molar-refractivity contribution is 0.509. The first-order valence-electron chi connectivity index (χ1n) is 7.94. The Kier molecular flexibility index (Phi) is 4.74. The summed E-state index contributed by atoms with van der Waals surface area (Å²) >= 11 is 16.1. The van der Waals surface area contributed by atoms with Crippen LogP contribution >= 0.6 is 46.3 Å². The van der Waals surface area contributed by atoms with Crippen LogP contribution in [-0.2, 0) is 18.6 Å². The number of fused-ring (bicyclic) bond motifs is 3. The Hall–Kier alpha value is -0.810. The van der Waals surface area contributed by atoms with E-state index in [2.05, 4.69) is 16.9 Å². The Morgan fingerprint density at radius 2 is 2.04 bits per heavy atom. The Labute approximate surface area is 159 Å². The van der Waals surface area contributed by atoms with Gasteiger partial charge in [-0.2, -0.15) is 0 Å². The van der Waals surface area contributed by atoms with Gasteiger partial charge in [-0.05, 0) is 48.4 Å². The predicted molar refractivity (Wildman–Crippen MR) is 105 cm³/mol. The second-order valence-corrected chi connectivity index (χ2v) is 9.06. The average Bonchev–Trinajstić information content (AvgIpc) is 2.92. The molecule has 0 N–H and O–H groups in total.